The van der Waals surface area contributed by atoms with E-state index in [1.54, 1.807) is 18.0 Å². The van der Waals surface area contributed by atoms with Crippen molar-refractivity contribution in [3.63, 3.8) is 0 Å². The van der Waals surface area contributed by atoms with Gasteiger partial charge >= 0.3 is 5.97 Å². The van der Waals surface area contributed by atoms with E-state index in [9.17, 15) is 14.0 Å². The number of nitrogens with zero attached hydrogens (tertiary/aromatic N) is 1. The van der Waals surface area contributed by atoms with Gasteiger partial charge in [0.15, 0.2) is 0 Å². The number of aromatic nitrogens is 1. The number of nitrogens with one attached hydrogen (secondary N) is 2. The summed E-state index contributed by atoms with van der Waals surface area (Å²) in [6, 6.07) is 9.23. The number of likely N-dealkylation sites (N-methyl/N-ethyl adjacent to an activating group) is 1. The molecule has 0 saturated heterocycles. The van der Waals surface area contributed by atoms with Gasteiger partial charge in [-0.15, -0.1) is 0 Å². The topological polar surface area (TPSA) is 98.6 Å². The van der Waals surface area contributed by atoms with E-state index in [4.69, 9.17) is 9.52 Å². The van der Waals surface area contributed by atoms with Crippen LogP contribution in [0.5, 0.6) is 0 Å². The molecule has 0 spiro atoms. The fraction of sp³-hybridized carbons (Fsp3) is 0.222. The van der Waals surface area contributed by atoms with Crippen LogP contribution in [-0.4, -0.2) is 40.5 Å². The number of aromatic carboxylic acids is 1. The van der Waals surface area contributed by atoms with Gasteiger partial charge in [0.2, 0.25) is 11.7 Å². The Labute approximate surface area is 148 Å². The minimum atomic E-state index is -1.15. The lowest BCUT2D eigenvalue weighted by atomic mass is 10.2. The number of fused-ring (bicyclic) bond motifs is 1. The first-order valence-corrected chi connectivity index (χ1v) is 7.95. The summed E-state index contributed by atoms with van der Waals surface area (Å²) >= 11 is 0. The number of carbonyl (C=O) groups is 2. The van der Waals surface area contributed by atoms with Crippen LogP contribution in [0, 0.1) is 5.82 Å². The Kier molecular flexibility index (Phi) is 5.04. The van der Waals surface area contributed by atoms with Crippen LogP contribution in [0.25, 0.3) is 10.9 Å². The van der Waals surface area contributed by atoms with E-state index in [2.05, 4.69) is 10.3 Å². The molecule has 8 heteroatoms. The van der Waals surface area contributed by atoms with E-state index in [-0.39, 0.29) is 30.6 Å². The van der Waals surface area contributed by atoms with Crippen LogP contribution >= 0.6 is 0 Å². The van der Waals surface area contributed by atoms with E-state index in [0.29, 0.717) is 12.3 Å². The number of rotatable bonds is 7. The minimum Gasteiger partial charge on any atom is -0.475 e. The van der Waals surface area contributed by atoms with Gasteiger partial charge < -0.3 is 19.8 Å². The van der Waals surface area contributed by atoms with Crippen molar-refractivity contribution in [1.82, 2.24) is 15.2 Å². The number of carbonyl (C=O) groups excluding carboxylic acids is 1. The van der Waals surface area contributed by atoms with Crippen molar-refractivity contribution >= 4 is 22.8 Å². The lowest BCUT2D eigenvalue weighted by molar-refractivity contribution is -0.122. The predicted octanol–water partition coefficient (Wildman–Crippen LogP) is 2.35. The molecule has 0 radical (unpaired) electrons. The maximum atomic E-state index is 13.2. The Hall–Kier alpha value is -3.13. The zero-order valence-corrected chi connectivity index (χ0v) is 14.1. The number of H-pyrrole nitrogens is 1. The van der Waals surface area contributed by atoms with Crippen molar-refractivity contribution in [1.29, 1.82) is 0 Å². The van der Waals surface area contributed by atoms with Crippen LogP contribution in [0.1, 0.15) is 22.0 Å². The molecule has 136 valence electrons. The highest BCUT2D eigenvalue weighted by Crippen LogP contribution is 2.17. The Balaban J connectivity index is 1.50. The first kappa shape index (κ1) is 17.7. The second-order valence-corrected chi connectivity index (χ2v) is 6.05. The van der Waals surface area contributed by atoms with Gasteiger partial charge in [0.05, 0.1) is 13.1 Å². The first-order valence-electron chi connectivity index (χ1n) is 7.95. The van der Waals surface area contributed by atoms with Crippen molar-refractivity contribution in [2.24, 2.45) is 0 Å². The Morgan fingerprint density at radius 2 is 2.08 bits per heavy atom. The Morgan fingerprint density at radius 1 is 1.27 bits per heavy atom. The van der Waals surface area contributed by atoms with Crippen molar-refractivity contribution in [2.45, 2.75) is 13.1 Å². The molecule has 1 aromatic carbocycles. The van der Waals surface area contributed by atoms with Gasteiger partial charge in [-0.3, -0.25) is 9.69 Å². The fourth-order valence-corrected chi connectivity index (χ4v) is 2.67. The van der Waals surface area contributed by atoms with Gasteiger partial charge in [-0.2, -0.15) is 0 Å². The maximum Gasteiger partial charge on any atom is 0.371 e. The van der Waals surface area contributed by atoms with E-state index in [0.717, 1.165) is 16.6 Å². The molecule has 2 heterocycles. The molecule has 3 N–H and O–H groups in total. The highest BCUT2D eigenvalue weighted by Gasteiger charge is 2.12. The standard InChI is InChI=1S/C18H18FN3O4/c1-22(9-13-7-11-6-12(19)2-4-15(11)21-13)10-17(23)20-8-14-3-5-16(26-14)18(24)25/h2-7,21H,8-10H2,1H3,(H,20,23)(H,24,25). The van der Waals surface area contributed by atoms with Crippen molar-refractivity contribution in [3.8, 4) is 0 Å². The quantitative estimate of drug-likeness (QED) is 0.601. The number of benzene rings is 1. The number of furan rings is 1. The highest BCUT2D eigenvalue weighted by atomic mass is 19.1. The third-order valence-corrected chi connectivity index (χ3v) is 3.82. The summed E-state index contributed by atoms with van der Waals surface area (Å²) in [4.78, 5) is 27.7. The number of amides is 1. The number of carboxylic acids is 1. The second-order valence-electron chi connectivity index (χ2n) is 6.05. The average Bonchev–Trinajstić information content (AvgIpc) is 3.18. The average molecular weight is 359 g/mol. The van der Waals surface area contributed by atoms with Crippen LogP contribution in [0.15, 0.2) is 40.8 Å². The van der Waals surface area contributed by atoms with E-state index < -0.39 is 5.97 Å². The van der Waals surface area contributed by atoms with Crippen LogP contribution in [-0.2, 0) is 17.9 Å². The first-order chi connectivity index (χ1) is 12.4. The third-order valence-electron chi connectivity index (χ3n) is 3.82. The molecular formula is C18H18FN3O4. The predicted molar refractivity (Wildman–Crippen MR) is 92.1 cm³/mol. The van der Waals surface area contributed by atoms with Crippen LogP contribution < -0.4 is 5.32 Å². The molecule has 7 nitrogen and oxygen atoms in total. The van der Waals surface area contributed by atoms with Crippen molar-refractivity contribution in [3.05, 3.63) is 59.4 Å². The van der Waals surface area contributed by atoms with Gasteiger partial charge in [0.1, 0.15) is 11.6 Å². The normalized spacial score (nSPS) is 11.2. The van der Waals surface area contributed by atoms with Gasteiger partial charge in [0.25, 0.3) is 0 Å². The molecule has 0 bridgehead atoms. The highest BCUT2D eigenvalue weighted by molar-refractivity contribution is 5.84. The largest absolute Gasteiger partial charge is 0.475 e. The SMILES string of the molecule is CN(CC(=O)NCc1ccc(C(=O)O)o1)Cc1cc2cc(F)ccc2[nH]1. The zero-order valence-electron chi connectivity index (χ0n) is 14.1. The lowest BCUT2D eigenvalue weighted by Gasteiger charge is -2.15. The summed E-state index contributed by atoms with van der Waals surface area (Å²) < 4.78 is 18.3. The fourth-order valence-electron chi connectivity index (χ4n) is 2.67. The maximum absolute atomic E-state index is 13.2. The number of halogens is 1. The molecule has 0 fully saturated rings. The molecular weight excluding hydrogens is 341 g/mol. The number of carboxylic acid groups (broad SMARTS) is 1. The van der Waals surface area contributed by atoms with Crippen molar-refractivity contribution in [2.75, 3.05) is 13.6 Å². The molecule has 26 heavy (non-hydrogen) atoms. The molecule has 1 amide bonds. The zero-order chi connectivity index (χ0) is 18.7. The summed E-state index contributed by atoms with van der Waals surface area (Å²) in [5, 5.41) is 12.2. The molecule has 0 aliphatic rings. The summed E-state index contributed by atoms with van der Waals surface area (Å²) in [6.07, 6.45) is 0. The van der Waals surface area contributed by atoms with Crippen LogP contribution in [0.3, 0.4) is 0 Å². The second kappa shape index (κ2) is 7.40. The number of aromatic amines is 1. The molecule has 3 rings (SSSR count). The van der Waals surface area contributed by atoms with E-state index in [1.807, 2.05) is 6.07 Å². The summed E-state index contributed by atoms with van der Waals surface area (Å²) in [6.45, 7) is 0.759. The van der Waals surface area contributed by atoms with E-state index in [1.165, 1.54) is 24.3 Å². The smallest absolute Gasteiger partial charge is 0.371 e. The van der Waals surface area contributed by atoms with Crippen LogP contribution in [0.2, 0.25) is 0 Å². The molecule has 0 aliphatic carbocycles. The van der Waals surface area contributed by atoms with E-state index >= 15 is 0 Å². The summed E-state index contributed by atoms with van der Waals surface area (Å²) in [5.41, 5.74) is 1.71. The third kappa shape index (κ3) is 4.28. The molecule has 0 aliphatic heterocycles. The summed E-state index contributed by atoms with van der Waals surface area (Å²) in [7, 11) is 1.79. The Bertz CT molecular complexity index is 947. The lowest BCUT2D eigenvalue weighted by Crippen LogP contribution is -2.34. The Morgan fingerprint density at radius 3 is 2.81 bits per heavy atom. The number of hydrogen-bond acceptors (Lipinski definition) is 4. The van der Waals surface area contributed by atoms with Gasteiger partial charge in [0, 0.05) is 23.1 Å². The number of hydrogen-bond donors (Lipinski definition) is 3. The van der Waals surface area contributed by atoms with Crippen molar-refractivity contribution < 1.29 is 23.5 Å². The van der Waals surface area contributed by atoms with Gasteiger partial charge in [-0.1, -0.05) is 0 Å². The van der Waals surface area contributed by atoms with Gasteiger partial charge in [-0.25, -0.2) is 9.18 Å². The minimum absolute atomic E-state index is 0.117. The molecule has 3 aromatic rings. The van der Waals surface area contributed by atoms with Gasteiger partial charge in [-0.05, 0) is 43.4 Å². The van der Waals surface area contributed by atoms with Crippen LogP contribution in [0.4, 0.5) is 4.39 Å². The molecule has 0 saturated carbocycles. The molecule has 0 atom stereocenters. The summed E-state index contributed by atoms with van der Waals surface area (Å²) in [5.74, 6) is -1.46. The molecule has 0 unspecified atom stereocenters. The molecule has 2 aromatic heterocycles. The monoisotopic (exact) mass is 359 g/mol.